The zero-order chi connectivity index (χ0) is 15.3. The summed E-state index contributed by atoms with van der Waals surface area (Å²) in [6.07, 6.45) is 2.50. The second kappa shape index (κ2) is 7.42. The molecule has 120 valence electrons. The van der Waals surface area contributed by atoms with E-state index in [-0.39, 0.29) is 5.75 Å². The lowest BCUT2D eigenvalue weighted by molar-refractivity contribution is 0.262. The van der Waals surface area contributed by atoms with Gasteiger partial charge in [-0.3, -0.25) is 4.90 Å². The van der Waals surface area contributed by atoms with Gasteiger partial charge in [0.25, 0.3) is 0 Å². The molecule has 0 amide bonds. The van der Waals surface area contributed by atoms with E-state index in [2.05, 4.69) is 30.1 Å². The molecule has 1 aliphatic rings. The second-order valence-electron chi connectivity index (χ2n) is 6.23. The average Bonchev–Trinajstić information content (AvgIpc) is 2.75. The monoisotopic (exact) mass is 314 g/mol. The third-order valence-corrected chi connectivity index (χ3v) is 5.33. The van der Waals surface area contributed by atoms with E-state index in [1.807, 2.05) is 0 Å². The van der Waals surface area contributed by atoms with E-state index in [1.165, 1.54) is 0 Å². The molecule has 0 aliphatic carbocycles. The van der Waals surface area contributed by atoms with Crippen LogP contribution in [0.4, 0.5) is 0 Å². The number of nitrogens with one attached hydrogen (secondary N) is 1. The van der Waals surface area contributed by atoms with Gasteiger partial charge >= 0.3 is 0 Å². The molecule has 0 bridgehead atoms. The van der Waals surface area contributed by atoms with Crippen molar-refractivity contribution in [3.8, 4) is 0 Å². The fraction of sp³-hybridized carbons (Fsp3) is 0.733. The third kappa shape index (κ3) is 5.80. The molecule has 2 rings (SSSR count). The van der Waals surface area contributed by atoms with Crippen LogP contribution in [0.1, 0.15) is 31.6 Å². The summed E-state index contributed by atoms with van der Waals surface area (Å²) < 4.78 is 28.8. The van der Waals surface area contributed by atoms with Crippen LogP contribution in [0.3, 0.4) is 0 Å². The molecule has 0 atom stereocenters. The first kappa shape index (κ1) is 16.5. The van der Waals surface area contributed by atoms with Crippen LogP contribution < -0.4 is 5.32 Å². The summed E-state index contributed by atoms with van der Waals surface area (Å²) >= 11 is 0. The molecule has 1 N–H and O–H groups in total. The molecule has 5 nitrogen and oxygen atoms in total. The highest BCUT2D eigenvalue weighted by Gasteiger charge is 2.19. The van der Waals surface area contributed by atoms with Crippen molar-refractivity contribution >= 4 is 9.84 Å². The number of sulfone groups is 1. The molecule has 1 aromatic heterocycles. The van der Waals surface area contributed by atoms with Crippen molar-refractivity contribution in [2.24, 2.45) is 5.92 Å². The first-order valence-electron chi connectivity index (χ1n) is 7.64. The van der Waals surface area contributed by atoms with Gasteiger partial charge in [0.05, 0.1) is 24.3 Å². The lowest BCUT2D eigenvalue weighted by Crippen LogP contribution is -2.26. The predicted molar refractivity (Wildman–Crippen MR) is 83.8 cm³/mol. The fourth-order valence-corrected chi connectivity index (χ4v) is 3.79. The number of rotatable bonds is 6. The first-order valence-corrected chi connectivity index (χ1v) is 9.46. The Bertz CT molecular complexity index is 537. The molecule has 1 fully saturated rings. The SMILES string of the molecule is CC(C)CNCc1coc(CN2CCCS(=O)(=O)CC2)c1. The summed E-state index contributed by atoms with van der Waals surface area (Å²) in [7, 11) is -2.84. The molecular weight excluding hydrogens is 288 g/mol. The van der Waals surface area contributed by atoms with E-state index in [0.717, 1.165) is 31.0 Å². The normalized spacial score (nSPS) is 19.8. The lowest BCUT2D eigenvalue weighted by Gasteiger charge is -2.17. The maximum Gasteiger partial charge on any atom is 0.151 e. The molecule has 0 saturated carbocycles. The highest BCUT2D eigenvalue weighted by molar-refractivity contribution is 7.91. The molecule has 0 unspecified atom stereocenters. The maximum atomic E-state index is 11.6. The van der Waals surface area contributed by atoms with E-state index in [1.54, 1.807) is 6.26 Å². The Morgan fingerprint density at radius 1 is 1.33 bits per heavy atom. The van der Waals surface area contributed by atoms with E-state index < -0.39 is 9.84 Å². The summed E-state index contributed by atoms with van der Waals surface area (Å²) in [5.74, 6) is 2.12. The van der Waals surface area contributed by atoms with Crippen LogP contribution in [-0.4, -0.2) is 44.5 Å². The molecule has 0 aromatic carbocycles. The van der Waals surface area contributed by atoms with Gasteiger partial charge in [-0.15, -0.1) is 0 Å². The minimum absolute atomic E-state index is 0.260. The summed E-state index contributed by atoms with van der Waals surface area (Å²) in [6.45, 7) is 8.29. The zero-order valence-electron chi connectivity index (χ0n) is 13.0. The van der Waals surface area contributed by atoms with Crippen molar-refractivity contribution in [2.75, 3.05) is 31.1 Å². The van der Waals surface area contributed by atoms with Gasteiger partial charge in [-0.1, -0.05) is 13.8 Å². The zero-order valence-corrected chi connectivity index (χ0v) is 13.8. The van der Waals surface area contributed by atoms with Crippen LogP contribution in [0.15, 0.2) is 16.7 Å². The molecule has 1 aliphatic heterocycles. The standard InChI is InChI=1S/C15H26N2O3S/c1-13(2)9-16-10-14-8-15(20-12-14)11-17-4-3-6-21(18,19)7-5-17/h8,12-13,16H,3-7,9-11H2,1-2H3. The van der Waals surface area contributed by atoms with E-state index in [0.29, 0.717) is 31.2 Å². The minimum atomic E-state index is -2.84. The molecule has 2 heterocycles. The van der Waals surface area contributed by atoms with Crippen LogP contribution >= 0.6 is 0 Å². The van der Waals surface area contributed by atoms with Gasteiger partial charge in [0.1, 0.15) is 5.76 Å². The van der Waals surface area contributed by atoms with E-state index in [9.17, 15) is 8.42 Å². The Kier molecular flexibility index (Phi) is 5.84. The molecular formula is C15H26N2O3S. The number of furan rings is 1. The van der Waals surface area contributed by atoms with Crippen LogP contribution in [0.5, 0.6) is 0 Å². The van der Waals surface area contributed by atoms with Gasteiger partial charge < -0.3 is 9.73 Å². The Labute approximate surface area is 127 Å². The average molecular weight is 314 g/mol. The summed E-state index contributed by atoms with van der Waals surface area (Å²) in [5, 5.41) is 3.39. The Morgan fingerprint density at radius 3 is 2.90 bits per heavy atom. The number of hydrogen-bond acceptors (Lipinski definition) is 5. The van der Waals surface area contributed by atoms with Gasteiger partial charge in [0.2, 0.25) is 0 Å². The summed E-state index contributed by atoms with van der Waals surface area (Å²) in [5.41, 5.74) is 1.15. The molecule has 0 spiro atoms. The predicted octanol–water partition coefficient (Wildman–Crippen LogP) is 1.65. The van der Waals surface area contributed by atoms with Gasteiger partial charge in [-0.05, 0) is 31.5 Å². The lowest BCUT2D eigenvalue weighted by atomic mass is 10.2. The maximum absolute atomic E-state index is 11.6. The highest BCUT2D eigenvalue weighted by atomic mass is 32.2. The summed E-state index contributed by atoms with van der Waals surface area (Å²) in [6, 6.07) is 2.06. The van der Waals surface area contributed by atoms with Gasteiger partial charge in [0, 0.05) is 18.7 Å². The highest BCUT2D eigenvalue weighted by Crippen LogP contribution is 2.13. The molecule has 6 heteroatoms. The Balaban J connectivity index is 1.82. The van der Waals surface area contributed by atoms with E-state index >= 15 is 0 Å². The van der Waals surface area contributed by atoms with Crippen molar-refractivity contribution in [3.05, 3.63) is 23.7 Å². The molecule has 1 saturated heterocycles. The minimum Gasteiger partial charge on any atom is -0.468 e. The largest absolute Gasteiger partial charge is 0.468 e. The van der Waals surface area contributed by atoms with Crippen LogP contribution in [0, 0.1) is 5.92 Å². The van der Waals surface area contributed by atoms with Gasteiger partial charge in [0.15, 0.2) is 9.84 Å². The van der Waals surface area contributed by atoms with Crippen LogP contribution in [-0.2, 0) is 22.9 Å². The Hall–Kier alpha value is -0.850. The van der Waals surface area contributed by atoms with Gasteiger partial charge in [-0.25, -0.2) is 8.42 Å². The van der Waals surface area contributed by atoms with Crippen molar-refractivity contribution in [3.63, 3.8) is 0 Å². The first-order chi connectivity index (χ1) is 9.94. The van der Waals surface area contributed by atoms with Crippen molar-refractivity contribution < 1.29 is 12.8 Å². The molecule has 0 radical (unpaired) electrons. The molecule has 1 aromatic rings. The van der Waals surface area contributed by atoms with E-state index in [4.69, 9.17) is 4.42 Å². The third-order valence-electron chi connectivity index (χ3n) is 3.62. The number of nitrogens with zero attached hydrogens (tertiary/aromatic N) is 1. The Morgan fingerprint density at radius 2 is 2.14 bits per heavy atom. The summed E-state index contributed by atoms with van der Waals surface area (Å²) in [4.78, 5) is 2.16. The molecule has 21 heavy (non-hydrogen) atoms. The smallest absolute Gasteiger partial charge is 0.151 e. The number of hydrogen-bond donors (Lipinski definition) is 1. The quantitative estimate of drug-likeness (QED) is 0.865. The van der Waals surface area contributed by atoms with Crippen molar-refractivity contribution in [2.45, 2.75) is 33.4 Å². The van der Waals surface area contributed by atoms with Crippen LogP contribution in [0.2, 0.25) is 0 Å². The van der Waals surface area contributed by atoms with Crippen LogP contribution in [0.25, 0.3) is 0 Å². The van der Waals surface area contributed by atoms with Crippen molar-refractivity contribution in [1.82, 2.24) is 10.2 Å². The topological polar surface area (TPSA) is 62.6 Å². The van der Waals surface area contributed by atoms with Gasteiger partial charge in [-0.2, -0.15) is 0 Å². The van der Waals surface area contributed by atoms with Crippen molar-refractivity contribution in [1.29, 1.82) is 0 Å². The fourth-order valence-electron chi connectivity index (χ4n) is 2.48. The second-order valence-corrected chi connectivity index (χ2v) is 8.53.